The Kier molecular flexibility index (Phi) is 5.71. The van der Waals surface area contributed by atoms with E-state index in [0.29, 0.717) is 13.0 Å². The molecule has 0 aromatic heterocycles. The topological polar surface area (TPSA) is 48.0 Å². The number of nitrogens with zero attached hydrogens (tertiary/aromatic N) is 1. The second kappa shape index (κ2) is 8.01. The van der Waals surface area contributed by atoms with E-state index in [1.807, 2.05) is 75.4 Å². The van der Waals surface area contributed by atoms with Gasteiger partial charge in [-0.05, 0) is 44.0 Å². The lowest BCUT2D eigenvalue weighted by Gasteiger charge is -2.27. The van der Waals surface area contributed by atoms with Gasteiger partial charge in [-0.3, -0.25) is 4.90 Å². The van der Waals surface area contributed by atoms with E-state index < -0.39 is 11.8 Å². The summed E-state index contributed by atoms with van der Waals surface area (Å²) in [5.74, 6) is 0.786. The maximum absolute atomic E-state index is 12.8. The molecule has 2 atom stereocenters. The molecule has 0 saturated carbocycles. The first-order chi connectivity index (χ1) is 12.9. The van der Waals surface area contributed by atoms with Crippen LogP contribution in [0.2, 0.25) is 0 Å². The summed E-state index contributed by atoms with van der Waals surface area (Å²) in [6.45, 7) is 6.07. The maximum atomic E-state index is 12.8. The first kappa shape index (κ1) is 19.2. The molecule has 27 heavy (non-hydrogen) atoms. The molecule has 0 bridgehead atoms. The minimum Gasteiger partial charge on any atom is -0.497 e. The molecule has 3 rings (SSSR count). The minimum absolute atomic E-state index is 0.172. The van der Waals surface area contributed by atoms with Crippen LogP contribution in [0.1, 0.15) is 38.0 Å². The average Bonchev–Trinajstić information content (AvgIpc) is 3.05. The smallest absolute Gasteiger partial charge is 0.412 e. The third kappa shape index (κ3) is 5.01. The summed E-state index contributed by atoms with van der Waals surface area (Å²) in [7, 11) is 1.64. The Bertz CT molecular complexity index is 769. The minimum atomic E-state index is -0.553. The van der Waals surface area contributed by atoms with Crippen molar-refractivity contribution in [1.82, 2.24) is 4.90 Å². The van der Waals surface area contributed by atoms with Crippen LogP contribution in [-0.4, -0.2) is 36.5 Å². The zero-order valence-electron chi connectivity index (χ0n) is 16.3. The second-order valence-corrected chi connectivity index (χ2v) is 7.68. The lowest BCUT2D eigenvalue weighted by Crippen LogP contribution is -2.41. The van der Waals surface area contributed by atoms with Gasteiger partial charge in [0.2, 0.25) is 0 Å². The predicted octanol–water partition coefficient (Wildman–Crippen LogP) is 4.57. The zero-order valence-corrected chi connectivity index (χ0v) is 16.3. The molecule has 1 aliphatic heterocycles. The highest BCUT2D eigenvalue weighted by Crippen LogP contribution is 2.32. The standard InChI is InChI=1S/C22H27NO4/c1-22(2,3)27-21(24)23-15-19(17-10-6-5-7-11-17)26-20(23)14-16-9-8-12-18(13-16)25-4/h5-13,19-20H,14-15H2,1-4H3/t19-,20-/m1/s1. The number of carbonyl (C=O) groups is 1. The lowest BCUT2D eigenvalue weighted by atomic mass is 10.1. The molecule has 0 N–H and O–H groups in total. The van der Waals surface area contributed by atoms with Gasteiger partial charge in [0.25, 0.3) is 0 Å². The van der Waals surface area contributed by atoms with Gasteiger partial charge in [0.15, 0.2) is 0 Å². The molecule has 1 fully saturated rings. The molecule has 2 aromatic carbocycles. The molecule has 2 aromatic rings. The molecule has 0 unspecified atom stereocenters. The maximum Gasteiger partial charge on any atom is 0.412 e. The fraction of sp³-hybridized carbons (Fsp3) is 0.409. The first-order valence-electron chi connectivity index (χ1n) is 9.18. The average molecular weight is 369 g/mol. The summed E-state index contributed by atoms with van der Waals surface area (Å²) >= 11 is 0. The number of hydrogen-bond acceptors (Lipinski definition) is 4. The van der Waals surface area contributed by atoms with E-state index in [9.17, 15) is 4.79 Å². The van der Waals surface area contributed by atoms with Gasteiger partial charge in [0.05, 0.1) is 13.7 Å². The largest absolute Gasteiger partial charge is 0.497 e. The molecular weight excluding hydrogens is 342 g/mol. The van der Waals surface area contributed by atoms with Crippen LogP contribution in [-0.2, 0) is 15.9 Å². The van der Waals surface area contributed by atoms with Crippen molar-refractivity contribution < 1.29 is 19.0 Å². The second-order valence-electron chi connectivity index (χ2n) is 7.68. The molecule has 1 aliphatic rings. The summed E-state index contributed by atoms with van der Waals surface area (Å²) in [5, 5.41) is 0. The third-order valence-corrected chi connectivity index (χ3v) is 4.38. The van der Waals surface area contributed by atoms with Gasteiger partial charge in [-0.1, -0.05) is 42.5 Å². The molecule has 144 valence electrons. The molecule has 5 heteroatoms. The van der Waals surface area contributed by atoms with Gasteiger partial charge >= 0.3 is 6.09 Å². The summed E-state index contributed by atoms with van der Waals surface area (Å²) in [5.41, 5.74) is 1.54. The Hall–Kier alpha value is -2.53. The SMILES string of the molecule is COc1cccc(C[C@H]2O[C@@H](c3ccccc3)CN2C(=O)OC(C)(C)C)c1. The highest BCUT2D eigenvalue weighted by Gasteiger charge is 2.39. The van der Waals surface area contributed by atoms with Crippen molar-refractivity contribution in [3.8, 4) is 5.75 Å². The Morgan fingerprint density at radius 2 is 1.89 bits per heavy atom. The van der Waals surface area contributed by atoms with E-state index in [1.165, 1.54) is 0 Å². The van der Waals surface area contributed by atoms with Gasteiger partial charge in [-0.25, -0.2) is 4.79 Å². The number of rotatable bonds is 4. The highest BCUT2D eigenvalue weighted by atomic mass is 16.6. The van der Waals surface area contributed by atoms with Crippen molar-refractivity contribution in [1.29, 1.82) is 0 Å². The van der Waals surface area contributed by atoms with Crippen LogP contribution in [0.15, 0.2) is 54.6 Å². The van der Waals surface area contributed by atoms with E-state index in [2.05, 4.69) is 0 Å². The normalized spacial score (nSPS) is 19.8. The molecule has 0 radical (unpaired) electrons. The lowest BCUT2D eigenvalue weighted by molar-refractivity contribution is -0.0209. The molecular formula is C22H27NO4. The Labute approximate surface area is 160 Å². The number of amides is 1. The van der Waals surface area contributed by atoms with Crippen molar-refractivity contribution in [2.24, 2.45) is 0 Å². The quantitative estimate of drug-likeness (QED) is 0.792. The predicted molar refractivity (Wildman–Crippen MR) is 104 cm³/mol. The van der Waals surface area contributed by atoms with Crippen molar-refractivity contribution >= 4 is 6.09 Å². The highest BCUT2D eigenvalue weighted by molar-refractivity contribution is 5.69. The number of ether oxygens (including phenoxy) is 3. The van der Waals surface area contributed by atoms with Crippen molar-refractivity contribution in [3.63, 3.8) is 0 Å². The third-order valence-electron chi connectivity index (χ3n) is 4.38. The van der Waals surface area contributed by atoms with Crippen LogP contribution in [0.3, 0.4) is 0 Å². The Balaban J connectivity index is 1.81. The zero-order chi connectivity index (χ0) is 19.4. The van der Waals surface area contributed by atoms with Crippen molar-refractivity contribution in [2.75, 3.05) is 13.7 Å². The summed E-state index contributed by atoms with van der Waals surface area (Å²) in [6.07, 6.45) is -0.347. The number of methoxy groups -OCH3 is 1. The van der Waals surface area contributed by atoms with Crippen LogP contribution >= 0.6 is 0 Å². The monoisotopic (exact) mass is 369 g/mol. The van der Waals surface area contributed by atoms with Crippen LogP contribution in [0, 0.1) is 0 Å². The summed E-state index contributed by atoms with van der Waals surface area (Å²) < 4.78 is 17.2. The van der Waals surface area contributed by atoms with Gasteiger partial charge < -0.3 is 14.2 Å². The fourth-order valence-electron chi connectivity index (χ4n) is 3.13. The van der Waals surface area contributed by atoms with E-state index >= 15 is 0 Å². The first-order valence-corrected chi connectivity index (χ1v) is 9.18. The van der Waals surface area contributed by atoms with Crippen LogP contribution in [0.25, 0.3) is 0 Å². The molecule has 0 spiro atoms. The molecule has 0 aliphatic carbocycles. The fourth-order valence-corrected chi connectivity index (χ4v) is 3.13. The number of hydrogen-bond donors (Lipinski definition) is 0. The number of benzene rings is 2. The van der Waals surface area contributed by atoms with Crippen molar-refractivity contribution in [3.05, 3.63) is 65.7 Å². The van der Waals surface area contributed by atoms with E-state index in [-0.39, 0.29) is 12.2 Å². The van der Waals surface area contributed by atoms with Gasteiger partial charge in [0, 0.05) is 6.42 Å². The van der Waals surface area contributed by atoms with Crippen LogP contribution in [0.4, 0.5) is 4.79 Å². The Morgan fingerprint density at radius 3 is 2.56 bits per heavy atom. The van der Waals surface area contributed by atoms with Gasteiger partial charge in [-0.15, -0.1) is 0 Å². The van der Waals surface area contributed by atoms with Gasteiger partial charge in [-0.2, -0.15) is 0 Å². The van der Waals surface area contributed by atoms with E-state index in [0.717, 1.165) is 16.9 Å². The van der Waals surface area contributed by atoms with E-state index in [4.69, 9.17) is 14.2 Å². The molecule has 1 saturated heterocycles. The Morgan fingerprint density at radius 1 is 1.15 bits per heavy atom. The summed E-state index contributed by atoms with van der Waals surface area (Å²) in [4.78, 5) is 14.4. The summed E-state index contributed by atoms with van der Waals surface area (Å²) in [6, 6.07) is 17.8. The van der Waals surface area contributed by atoms with E-state index in [1.54, 1.807) is 12.0 Å². The molecule has 1 heterocycles. The molecule has 5 nitrogen and oxygen atoms in total. The molecule has 1 amide bonds. The van der Waals surface area contributed by atoms with Crippen molar-refractivity contribution in [2.45, 2.75) is 45.1 Å². The number of carbonyl (C=O) groups excluding carboxylic acids is 1. The van der Waals surface area contributed by atoms with Crippen LogP contribution in [0.5, 0.6) is 5.75 Å². The van der Waals surface area contributed by atoms with Crippen LogP contribution < -0.4 is 4.74 Å². The van der Waals surface area contributed by atoms with Gasteiger partial charge in [0.1, 0.15) is 23.7 Å².